The van der Waals surface area contributed by atoms with Gasteiger partial charge in [0.05, 0.1) is 19.2 Å². The van der Waals surface area contributed by atoms with Crippen LogP contribution in [-0.2, 0) is 9.53 Å². The highest BCUT2D eigenvalue weighted by Gasteiger charge is 2.14. The molecule has 0 spiro atoms. The van der Waals surface area contributed by atoms with Gasteiger partial charge in [-0.25, -0.2) is 4.79 Å². The zero-order valence-electron chi connectivity index (χ0n) is 15.9. The molecule has 6 nitrogen and oxygen atoms in total. The maximum Gasteiger partial charge on any atom is 0.344 e. The van der Waals surface area contributed by atoms with E-state index in [1.54, 1.807) is 24.3 Å². The second-order valence-electron chi connectivity index (χ2n) is 5.63. The monoisotopic (exact) mass is 404 g/mol. The van der Waals surface area contributed by atoms with Gasteiger partial charge in [0.15, 0.2) is 30.5 Å². The van der Waals surface area contributed by atoms with Crippen molar-refractivity contribution in [3.8, 4) is 17.2 Å². The van der Waals surface area contributed by atoms with Crippen molar-refractivity contribution in [2.45, 2.75) is 6.92 Å². The van der Waals surface area contributed by atoms with Gasteiger partial charge in [-0.3, -0.25) is 4.79 Å². The van der Waals surface area contributed by atoms with Crippen LogP contribution in [0, 0.1) is 0 Å². The Morgan fingerprint density at radius 3 is 2.32 bits per heavy atom. The predicted molar refractivity (Wildman–Crippen MR) is 106 cm³/mol. The molecule has 0 fully saturated rings. The molecule has 0 atom stereocenters. The minimum absolute atomic E-state index is 0.302. The zero-order chi connectivity index (χ0) is 20.5. The molecular formula is C21H21ClO6. The number of carbonyl (C=O) groups excluding carboxylic acids is 2. The van der Waals surface area contributed by atoms with Crippen molar-refractivity contribution in [2.24, 2.45) is 0 Å². The third-order valence-corrected chi connectivity index (χ3v) is 4.03. The van der Waals surface area contributed by atoms with Gasteiger partial charge in [0, 0.05) is 5.56 Å². The highest BCUT2D eigenvalue weighted by Crippen LogP contribution is 2.28. The van der Waals surface area contributed by atoms with Gasteiger partial charge in [-0.05, 0) is 42.8 Å². The first kappa shape index (κ1) is 21.3. The van der Waals surface area contributed by atoms with Crippen LogP contribution < -0.4 is 14.2 Å². The molecule has 0 N–H and O–H groups in total. The maximum absolute atomic E-state index is 12.1. The van der Waals surface area contributed by atoms with Gasteiger partial charge < -0.3 is 18.9 Å². The second kappa shape index (κ2) is 10.4. The number of ether oxygens (including phenoxy) is 4. The Morgan fingerprint density at radius 1 is 0.964 bits per heavy atom. The van der Waals surface area contributed by atoms with E-state index in [0.29, 0.717) is 27.8 Å². The standard InChI is InChI=1S/C21H21ClO6/c1-4-5-14-6-8-19(20(10-14)26-3)27-13-21(24)28-12-17(23)15-7-9-18(25-2)16(22)11-15/h4-11H,12-13H2,1-3H3/b5-4+. The van der Waals surface area contributed by atoms with Crippen LogP contribution >= 0.6 is 11.6 Å². The van der Waals surface area contributed by atoms with Crippen LogP contribution in [0.15, 0.2) is 42.5 Å². The van der Waals surface area contributed by atoms with Crippen LogP contribution in [-0.4, -0.2) is 39.2 Å². The number of esters is 1. The Morgan fingerprint density at radius 2 is 1.68 bits per heavy atom. The van der Waals surface area contributed by atoms with E-state index in [9.17, 15) is 9.59 Å². The summed E-state index contributed by atoms with van der Waals surface area (Å²) < 4.78 is 20.7. The fraction of sp³-hybridized carbons (Fsp3) is 0.238. The number of Topliss-reactive ketones (excluding diaryl/α,β-unsaturated/α-hetero) is 1. The smallest absolute Gasteiger partial charge is 0.344 e. The van der Waals surface area contributed by atoms with Crippen LogP contribution in [0.25, 0.3) is 6.08 Å². The largest absolute Gasteiger partial charge is 0.495 e. The molecule has 0 unspecified atom stereocenters. The lowest BCUT2D eigenvalue weighted by Gasteiger charge is -2.11. The highest BCUT2D eigenvalue weighted by molar-refractivity contribution is 6.32. The van der Waals surface area contributed by atoms with Crippen molar-refractivity contribution in [2.75, 3.05) is 27.4 Å². The van der Waals surface area contributed by atoms with Crippen molar-refractivity contribution < 1.29 is 28.5 Å². The number of ketones is 1. The van der Waals surface area contributed by atoms with Gasteiger partial charge in [0.2, 0.25) is 0 Å². The summed E-state index contributed by atoms with van der Waals surface area (Å²) in [5.41, 5.74) is 1.26. The van der Waals surface area contributed by atoms with E-state index in [4.69, 9.17) is 30.5 Å². The first-order valence-corrected chi connectivity index (χ1v) is 8.82. The third kappa shape index (κ3) is 5.76. The molecule has 2 aromatic rings. The summed E-state index contributed by atoms with van der Waals surface area (Å²) in [6.07, 6.45) is 3.82. The van der Waals surface area contributed by atoms with E-state index in [2.05, 4.69) is 0 Å². The number of halogens is 1. The molecule has 2 aromatic carbocycles. The summed E-state index contributed by atoms with van der Waals surface area (Å²) in [4.78, 5) is 24.0. The molecule has 148 valence electrons. The molecule has 0 heterocycles. The Labute approximate surface area is 168 Å². The van der Waals surface area contributed by atoms with E-state index in [-0.39, 0.29) is 12.4 Å². The Bertz CT molecular complexity index is 875. The van der Waals surface area contributed by atoms with E-state index >= 15 is 0 Å². The van der Waals surface area contributed by atoms with Gasteiger partial charge in [-0.15, -0.1) is 0 Å². The fourth-order valence-corrected chi connectivity index (χ4v) is 2.60. The number of carbonyl (C=O) groups is 2. The lowest BCUT2D eigenvalue weighted by Crippen LogP contribution is -2.19. The van der Waals surface area contributed by atoms with Crippen LogP contribution in [0.4, 0.5) is 0 Å². The summed E-state index contributed by atoms with van der Waals surface area (Å²) in [7, 11) is 2.99. The molecule has 0 amide bonds. The minimum Gasteiger partial charge on any atom is -0.495 e. The first-order valence-electron chi connectivity index (χ1n) is 8.44. The second-order valence-corrected chi connectivity index (χ2v) is 6.04. The van der Waals surface area contributed by atoms with Crippen molar-refractivity contribution in [3.63, 3.8) is 0 Å². The molecule has 0 saturated heterocycles. The summed E-state index contributed by atoms with van der Waals surface area (Å²) in [5, 5.41) is 0.302. The average molecular weight is 405 g/mol. The molecule has 0 aromatic heterocycles. The lowest BCUT2D eigenvalue weighted by atomic mass is 10.1. The maximum atomic E-state index is 12.1. The molecule has 0 aliphatic rings. The quantitative estimate of drug-likeness (QED) is 0.461. The molecule has 0 aliphatic heterocycles. The summed E-state index contributed by atoms with van der Waals surface area (Å²) in [5.74, 6) is 0.296. The van der Waals surface area contributed by atoms with Gasteiger partial charge in [0.1, 0.15) is 5.75 Å². The van der Waals surface area contributed by atoms with Crippen LogP contribution in [0.1, 0.15) is 22.8 Å². The minimum atomic E-state index is -0.674. The normalized spacial score (nSPS) is 10.6. The molecule has 28 heavy (non-hydrogen) atoms. The molecule has 7 heteroatoms. The first-order chi connectivity index (χ1) is 13.5. The molecule has 0 radical (unpaired) electrons. The molecule has 2 rings (SSSR count). The van der Waals surface area contributed by atoms with Crippen LogP contribution in [0.2, 0.25) is 5.02 Å². The van der Waals surface area contributed by atoms with Crippen molar-refractivity contribution in [1.29, 1.82) is 0 Å². The van der Waals surface area contributed by atoms with E-state index in [1.165, 1.54) is 20.3 Å². The predicted octanol–water partition coefficient (Wildman–Crippen LogP) is 4.20. The number of rotatable bonds is 9. The molecular weight excluding hydrogens is 384 g/mol. The number of methoxy groups -OCH3 is 2. The zero-order valence-corrected chi connectivity index (χ0v) is 16.6. The lowest BCUT2D eigenvalue weighted by molar-refractivity contribution is -0.144. The Kier molecular flexibility index (Phi) is 7.89. The third-order valence-electron chi connectivity index (χ3n) is 3.73. The highest BCUT2D eigenvalue weighted by atomic mass is 35.5. The SMILES string of the molecule is C/C=C/c1ccc(OCC(=O)OCC(=O)c2ccc(OC)c(Cl)c2)c(OC)c1. The van der Waals surface area contributed by atoms with Gasteiger partial charge >= 0.3 is 5.97 Å². The topological polar surface area (TPSA) is 71.1 Å². The number of allylic oxidation sites excluding steroid dienone is 1. The van der Waals surface area contributed by atoms with E-state index in [0.717, 1.165) is 5.56 Å². The van der Waals surface area contributed by atoms with E-state index in [1.807, 2.05) is 25.1 Å². The van der Waals surface area contributed by atoms with Crippen LogP contribution in [0.5, 0.6) is 17.2 Å². The summed E-state index contributed by atoms with van der Waals surface area (Å²) in [6, 6.07) is 9.91. The molecule has 0 saturated carbocycles. The number of benzene rings is 2. The van der Waals surface area contributed by atoms with Gasteiger partial charge in [-0.2, -0.15) is 0 Å². The van der Waals surface area contributed by atoms with Crippen molar-refractivity contribution in [3.05, 3.63) is 58.6 Å². The van der Waals surface area contributed by atoms with E-state index < -0.39 is 12.6 Å². The molecule has 0 bridgehead atoms. The van der Waals surface area contributed by atoms with Crippen molar-refractivity contribution in [1.82, 2.24) is 0 Å². The van der Waals surface area contributed by atoms with Gasteiger partial charge in [0.25, 0.3) is 0 Å². The number of hydrogen-bond donors (Lipinski definition) is 0. The Balaban J connectivity index is 1.89. The van der Waals surface area contributed by atoms with Gasteiger partial charge in [-0.1, -0.05) is 29.8 Å². The molecule has 0 aliphatic carbocycles. The Hall–Kier alpha value is -2.99. The summed E-state index contributed by atoms with van der Waals surface area (Å²) >= 11 is 5.99. The van der Waals surface area contributed by atoms with Crippen molar-refractivity contribution >= 4 is 29.4 Å². The average Bonchev–Trinajstić information content (AvgIpc) is 2.70. The fourth-order valence-electron chi connectivity index (χ4n) is 2.35. The summed E-state index contributed by atoms with van der Waals surface area (Å²) in [6.45, 7) is 1.15. The number of hydrogen-bond acceptors (Lipinski definition) is 6. The van der Waals surface area contributed by atoms with Crippen LogP contribution in [0.3, 0.4) is 0 Å².